The molecule has 0 aromatic rings. The minimum Gasteiger partial charge on any atom is -0.339 e. The van der Waals surface area contributed by atoms with E-state index in [4.69, 9.17) is 0 Å². The van der Waals surface area contributed by atoms with Crippen molar-refractivity contribution in [2.24, 2.45) is 11.3 Å². The molecule has 5 nitrogen and oxygen atoms in total. The highest BCUT2D eigenvalue weighted by molar-refractivity contribution is 5.82. The van der Waals surface area contributed by atoms with Gasteiger partial charge in [-0.3, -0.25) is 14.9 Å². The van der Waals surface area contributed by atoms with Crippen molar-refractivity contribution >= 4 is 5.91 Å². The maximum absolute atomic E-state index is 12.2. The Balaban J connectivity index is 1.96. The molecule has 0 spiro atoms. The van der Waals surface area contributed by atoms with Crippen LogP contribution in [0.2, 0.25) is 0 Å². The molecule has 0 bridgehead atoms. The minimum absolute atomic E-state index is 0.0171. The highest BCUT2D eigenvalue weighted by Gasteiger charge is 2.55. The molecule has 2 fully saturated rings. The predicted octanol–water partition coefficient (Wildman–Crippen LogP) is 2.08. The Morgan fingerprint density at radius 3 is 2.61 bits per heavy atom. The van der Waals surface area contributed by atoms with Crippen LogP contribution in [-0.4, -0.2) is 34.4 Å². The quantitative estimate of drug-likeness (QED) is 0.572. The Kier molecular flexibility index (Phi) is 3.34. The van der Waals surface area contributed by atoms with Gasteiger partial charge in [-0.25, -0.2) is 0 Å². The maximum Gasteiger partial charge on any atom is 0.233 e. The zero-order valence-electron chi connectivity index (χ0n) is 11.4. The lowest BCUT2D eigenvalue weighted by Crippen LogP contribution is -2.39. The Labute approximate surface area is 108 Å². The van der Waals surface area contributed by atoms with Crippen molar-refractivity contribution in [2.45, 2.75) is 58.5 Å². The maximum atomic E-state index is 12.2. The molecule has 0 radical (unpaired) electrons. The summed E-state index contributed by atoms with van der Waals surface area (Å²) in [6, 6.07) is -0.334. The van der Waals surface area contributed by atoms with Crippen molar-refractivity contribution in [3.8, 4) is 0 Å². The molecule has 1 saturated heterocycles. The lowest BCUT2D eigenvalue weighted by molar-refractivity contribution is -0.497. The first-order valence-electron chi connectivity index (χ1n) is 6.73. The summed E-state index contributed by atoms with van der Waals surface area (Å²) in [5.74, 6) is -0.330. The number of hydrogen-bond donors (Lipinski definition) is 0. The normalized spacial score (nSPS) is 31.5. The van der Waals surface area contributed by atoms with Crippen molar-refractivity contribution in [2.75, 3.05) is 6.54 Å². The van der Waals surface area contributed by atoms with Gasteiger partial charge in [-0.05, 0) is 24.7 Å². The van der Waals surface area contributed by atoms with Crippen LogP contribution in [0, 0.1) is 21.4 Å². The highest BCUT2D eigenvalue weighted by atomic mass is 16.6. The number of likely N-dealkylation sites (tertiary alicyclic amines) is 1. The van der Waals surface area contributed by atoms with Crippen molar-refractivity contribution in [3.63, 3.8) is 0 Å². The Morgan fingerprint density at radius 1 is 1.44 bits per heavy atom. The molecule has 0 N–H and O–H groups in total. The van der Waals surface area contributed by atoms with Gasteiger partial charge in [-0.15, -0.1) is 0 Å². The largest absolute Gasteiger partial charge is 0.339 e. The summed E-state index contributed by atoms with van der Waals surface area (Å²) >= 11 is 0. The van der Waals surface area contributed by atoms with E-state index >= 15 is 0 Å². The topological polar surface area (TPSA) is 63.5 Å². The van der Waals surface area contributed by atoms with Crippen LogP contribution < -0.4 is 0 Å². The summed E-state index contributed by atoms with van der Waals surface area (Å²) in [5.41, 5.74) is 0.194. The first kappa shape index (κ1) is 13.3. The number of carbonyl (C=O) groups is 1. The molecule has 2 rings (SSSR count). The van der Waals surface area contributed by atoms with Crippen LogP contribution in [0.15, 0.2) is 0 Å². The number of amides is 1. The van der Waals surface area contributed by atoms with Crippen LogP contribution in [0.3, 0.4) is 0 Å². The fraction of sp³-hybridized carbons (Fsp3) is 0.923. The van der Waals surface area contributed by atoms with E-state index in [0.717, 1.165) is 25.8 Å². The van der Waals surface area contributed by atoms with Gasteiger partial charge in [-0.1, -0.05) is 20.8 Å². The Hall–Kier alpha value is -1.13. The van der Waals surface area contributed by atoms with Gasteiger partial charge in [0.05, 0.1) is 0 Å². The van der Waals surface area contributed by atoms with E-state index in [1.54, 1.807) is 0 Å². The average Bonchev–Trinajstić information content (AvgIpc) is 2.91. The summed E-state index contributed by atoms with van der Waals surface area (Å²) in [6.07, 6.45) is 3.49. The Morgan fingerprint density at radius 2 is 2.11 bits per heavy atom. The number of rotatable bonds is 3. The molecule has 18 heavy (non-hydrogen) atoms. The van der Waals surface area contributed by atoms with Gasteiger partial charge in [0.15, 0.2) is 0 Å². The molecule has 3 atom stereocenters. The second-order valence-electron chi connectivity index (χ2n) is 6.79. The lowest BCUT2D eigenvalue weighted by atomic mass is 9.87. The summed E-state index contributed by atoms with van der Waals surface area (Å²) in [4.78, 5) is 24.5. The molecule has 1 heterocycles. The van der Waals surface area contributed by atoms with E-state index in [1.165, 1.54) is 0 Å². The molecular formula is C13H22N2O3. The fourth-order valence-corrected chi connectivity index (χ4v) is 2.94. The number of hydrogen-bond acceptors (Lipinski definition) is 3. The summed E-state index contributed by atoms with van der Waals surface area (Å²) < 4.78 is 0. The van der Waals surface area contributed by atoms with Crippen molar-refractivity contribution < 1.29 is 9.72 Å². The number of nitro groups is 1. The molecule has 1 amide bonds. The minimum atomic E-state index is -0.617. The average molecular weight is 254 g/mol. The summed E-state index contributed by atoms with van der Waals surface area (Å²) in [5, 5.41) is 10.6. The molecule has 2 aliphatic rings. The number of nitrogens with zero attached hydrogens (tertiary/aromatic N) is 2. The summed E-state index contributed by atoms with van der Waals surface area (Å²) in [6.45, 7) is 7.29. The van der Waals surface area contributed by atoms with Crippen LogP contribution in [0.1, 0.15) is 46.5 Å². The molecule has 1 aliphatic carbocycles. The Bertz CT molecular complexity index is 362. The van der Waals surface area contributed by atoms with Gasteiger partial charge in [0.1, 0.15) is 5.92 Å². The van der Waals surface area contributed by atoms with E-state index < -0.39 is 6.04 Å². The molecule has 5 heteroatoms. The van der Waals surface area contributed by atoms with Crippen molar-refractivity contribution in [1.82, 2.24) is 4.90 Å². The van der Waals surface area contributed by atoms with Gasteiger partial charge in [0.25, 0.3) is 0 Å². The van der Waals surface area contributed by atoms with Gasteiger partial charge in [0, 0.05) is 23.9 Å². The standard InChI is InChI=1S/C13H22N2O3/c1-13(2,3)8-9-5-4-6-14(9)12(16)10-7-11(10)15(17)18/h9-11H,4-8H2,1-3H3/t9-,10+,11-/m0/s1. The van der Waals surface area contributed by atoms with Crippen molar-refractivity contribution in [3.05, 3.63) is 10.1 Å². The second kappa shape index (κ2) is 4.52. The van der Waals surface area contributed by atoms with Crippen LogP contribution in [0.25, 0.3) is 0 Å². The SMILES string of the molecule is CC(C)(C)C[C@@H]1CCCN1C(=O)[C@@H]1C[C@@H]1[N+](=O)[O-]. The first-order valence-corrected chi connectivity index (χ1v) is 6.73. The van der Waals surface area contributed by atoms with Crippen molar-refractivity contribution in [1.29, 1.82) is 0 Å². The molecule has 1 aliphatic heterocycles. The van der Waals surface area contributed by atoms with Crippen LogP contribution in [0.5, 0.6) is 0 Å². The van der Waals surface area contributed by atoms with E-state index in [2.05, 4.69) is 20.8 Å². The highest BCUT2D eigenvalue weighted by Crippen LogP contribution is 2.38. The van der Waals surface area contributed by atoms with Gasteiger partial charge in [-0.2, -0.15) is 0 Å². The third kappa shape index (κ3) is 2.82. The molecule has 102 valence electrons. The van der Waals surface area contributed by atoms with Gasteiger partial charge < -0.3 is 4.90 Å². The fourth-order valence-electron chi connectivity index (χ4n) is 2.94. The third-order valence-electron chi connectivity index (χ3n) is 3.85. The summed E-state index contributed by atoms with van der Waals surface area (Å²) in [7, 11) is 0. The number of carbonyl (C=O) groups excluding carboxylic acids is 1. The van der Waals surface area contributed by atoms with Crippen LogP contribution in [-0.2, 0) is 4.79 Å². The predicted molar refractivity (Wildman–Crippen MR) is 67.7 cm³/mol. The zero-order valence-corrected chi connectivity index (χ0v) is 11.4. The van der Waals surface area contributed by atoms with E-state index in [0.29, 0.717) is 6.42 Å². The second-order valence-corrected chi connectivity index (χ2v) is 6.79. The molecule has 0 aromatic heterocycles. The zero-order chi connectivity index (χ0) is 13.5. The first-order chi connectivity index (χ1) is 8.29. The lowest BCUT2D eigenvalue weighted by Gasteiger charge is -2.30. The molecular weight excluding hydrogens is 232 g/mol. The smallest absolute Gasteiger partial charge is 0.233 e. The van der Waals surface area contributed by atoms with Gasteiger partial charge in [0.2, 0.25) is 11.9 Å². The third-order valence-corrected chi connectivity index (χ3v) is 3.85. The monoisotopic (exact) mass is 254 g/mol. The molecule has 0 aromatic carbocycles. The molecule has 0 unspecified atom stereocenters. The van der Waals surface area contributed by atoms with E-state index in [-0.39, 0.29) is 28.2 Å². The van der Waals surface area contributed by atoms with Crippen LogP contribution in [0.4, 0.5) is 0 Å². The van der Waals surface area contributed by atoms with E-state index in [9.17, 15) is 14.9 Å². The molecule has 1 saturated carbocycles. The van der Waals surface area contributed by atoms with E-state index in [1.807, 2.05) is 4.90 Å². The van der Waals surface area contributed by atoms with Gasteiger partial charge >= 0.3 is 0 Å². The van der Waals surface area contributed by atoms with Crippen LogP contribution >= 0.6 is 0 Å².